The van der Waals surface area contributed by atoms with Gasteiger partial charge in [0.1, 0.15) is 12.7 Å². The summed E-state index contributed by atoms with van der Waals surface area (Å²) in [4.78, 5) is 17.0. The molecule has 0 bridgehead atoms. The van der Waals surface area contributed by atoms with Crippen molar-refractivity contribution >= 4 is 12.6 Å². The maximum Gasteiger partial charge on any atom is 0.115 e. The van der Waals surface area contributed by atoms with Crippen LogP contribution in [0.1, 0.15) is 38.2 Å². The first kappa shape index (κ1) is 13.2. The Bertz CT molecular complexity index is 547. The van der Waals surface area contributed by atoms with Gasteiger partial charge in [-0.1, -0.05) is 18.6 Å². The minimum Gasteiger partial charge on any atom is -0.269 e. The maximum absolute atomic E-state index is 4.42. The summed E-state index contributed by atoms with van der Waals surface area (Å²) in [6.07, 6.45) is 13.8. The van der Waals surface area contributed by atoms with Gasteiger partial charge < -0.3 is 0 Å². The predicted molar refractivity (Wildman–Crippen MR) is 81.2 cm³/mol. The first-order valence-electron chi connectivity index (χ1n) is 7.24. The summed E-state index contributed by atoms with van der Waals surface area (Å²) in [7, 11) is 0. The molecule has 0 spiro atoms. The third kappa shape index (κ3) is 2.69. The molecule has 4 heteroatoms. The minimum atomic E-state index is 0.289. The Morgan fingerprint density at radius 2 is 1.95 bits per heavy atom. The lowest BCUT2D eigenvalue weighted by molar-refractivity contribution is 0.467. The van der Waals surface area contributed by atoms with E-state index in [2.05, 4.69) is 39.9 Å². The van der Waals surface area contributed by atoms with E-state index in [9.17, 15) is 0 Å². The molecule has 3 rings (SSSR count). The van der Waals surface area contributed by atoms with Crippen molar-refractivity contribution in [3.8, 4) is 0 Å². The van der Waals surface area contributed by atoms with Gasteiger partial charge in [-0.05, 0) is 37.2 Å². The zero-order chi connectivity index (χ0) is 13.9. The van der Waals surface area contributed by atoms with Gasteiger partial charge >= 0.3 is 0 Å². The highest BCUT2D eigenvalue weighted by Gasteiger charge is 2.28. The van der Waals surface area contributed by atoms with Crippen molar-refractivity contribution in [2.75, 3.05) is 0 Å². The number of hydrogen-bond donors (Lipinski definition) is 0. The molecule has 0 saturated heterocycles. The Hall–Kier alpha value is -1.84. The van der Waals surface area contributed by atoms with Crippen LogP contribution in [0, 0.1) is 11.8 Å². The Morgan fingerprint density at radius 1 is 1.15 bits per heavy atom. The number of aliphatic imine (C=N–C) groups is 2. The summed E-state index contributed by atoms with van der Waals surface area (Å²) in [5.41, 5.74) is 2.71. The molecule has 1 aliphatic heterocycles. The van der Waals surface area contributed by atoms with Crippen LogP contribution in [-0.2, 0) is 0 Å². The molecule has 0 N–H and O–H groups in total. The molecule has 4 unspecified atom stereocenters. The average molecular weight is 268 g/mol. The fourth-order valence-electron chi connectivity index (χ4n) is 3.24. The van der Waals surface area contributed by atoms with Crippen molar-refractivity contribution in [3.63, 3.8) is 0 Å². The van der Waals surface area contributed by atoms with Crippen LogP contribution in [0.5, 0.6) is 0 Å². The van der Waals surface area contributed by atoms with Gasteiger partial charge in [0.25, 0.3) is 0 Å². The average Bonchev–Trinajstić information content (AvgIpc) is 2.48. The quantitative estimate of drug-likeness (QED) is 0.774. The maximum atomic E-state index is 4.42. The van der Waals surface area contributed by atoms with Gasteiger partial charge in [0.15, 0.2) is 0 Å². The number of aromatic nitrogens is 2. The third-order valence-electron chi connectivity index (χ3n) is 4.25. The van der Waals surface area contributed by atoms with Crippen molar-refractivity contribution in [3.05, 3.63) is 35.9 Å². The smallest absolute Gasteiger partial charge is 0.115 e. The van der Waals surface area contributed by atoms with Gasteiger partial charge in [-0.15, -0.1) is 0 Å². The molecule has 0 saturated carbocycles. The second-order valence-electron chi connectivity index (χ2n) is 5.86. The molecule has 4 nitrogen and oxygen atoms in total. The molecule has 2 heterocycles. The molecule has 20 heavy (non-hydrogen) atoms. The van der Waals surface area contributed by atoms with Crippen LogP contribution in [0.2, 0.25) is 0 Å². The van der Waals surface area contributed by atoms with E-state index in [-0.39, 0.29) is 6.04 Å². The van der Waals surface area contributed by atoms with Crippen LogP contribution in [0.4, 0.5) is 0 Å². The van der Waals surface area contributed by atoms with E-state index in [1.165, 1.54) is 17.6 Å². The second kappa shape index (κ2) is 5.65. The van der Waals surface area contributed by atoms with Crippen molar-refractivity contribution < 1.29 is 0 Å². The van der Waals surface area contributed by atoms with Crippen LogP contribution >= 0.6 is 0 Å². The van der Waals surface area contributed by atoms with Gasteiger partial charge in [-0.3, -0.25) is 4.99 Å². The lowest BCUT2D eigenvalue weighted by Gasteiger charge is -2.31. The number of hydrogen-bond acceptors (Lipinski definition) is 4. The van der Waals surface area contributed by atoms with Crippen molar-refractivity contribution in [2.24, 2.45) is 21.8 Å². The van der Waals surface area contributed by atoms with Crippen LogP contribution in [0.3, 0.4) is 0 Å². The molecule has 1 aromatic heterocycles. The van der Waals surface area contributed by atoms with Gasteiger partial charge in [0.05, 0.1) is 6.04 Å². The number of nitrogens with zero attached hydrogens (tertiary/aromatic N) is 4. The first-order valence-corrected chi connectivity index (χ1v) is 7.24. The standard InChI is InChI=1S/C16H20N4/c1-11-3-13(15-6-17-9-18-7-15)5-14(4-11)16-8-19-10-20-12(16)2/h4,6-13,16H,3,5H2,1-2H3. The number of allylic oxidation sites excluding steroid dienone is 1. The molecule has 0 aromatic carbocycles. The molecule has 4 atom stereocenters. The highest BCUT2D eigenvalue weighted by Crippen LogP contribution is 2.38. The highest BCUT2D eigenvalue weighted by atomic mass is 14.9. The summed E-state index contributed by atoms with van der Waals surface area (Å²) in [5, 5.41) is 0. The summed E-state index contributed by atoms with van der Waals surface area (Å²) in [6, 6.07) is 0.289. The monoisotopic (exact) mass is 268 g/mol. The Balaban J connectivity index is 1.82. The first-order chi connectivity index (χ1) is 9.74. The molecule has 2 aliphatic rings. The molecule has 1 aromatic rings. The Labute approximate surface area is 119 Å². The molecular formula is C16H20N4. The molecular weight excluding hydrogens is 248 g/mol. The lowest BCUT2D eigenvalue weighted by Crippen LogP contribution is -2.26. The van der Waals surface area contributed by atoms with Crippen LogP contribution in [0.15, 0.2) is 40.4 Å². The Kier molecular flexibility index (Phi) is 3.72. The van der Waals surface area contributed by atoms with Crippen molar-refractivity contribution in [1.29, 1.82) is 0 Å². The predicted octanol–water partition coefficient (Wildman–Crippen LogP) is 3.03. The van der Waals surface area contributed by atoms with E-state index >= 15 is 0 Å². The zero-order valence-corrected chi connectivity index (χ0v) is 12.0. The van der Waals surface area contributed by atoms with E-state index in [0.29, 0.717) is 17.8 Å². The molecule has 1 aliphatic carbocycles. The largest absolute Gasteiger partial charge is 0.269 e. The van der Waals surface area contributed by atoms with Gasteiger partial charge in [-0.25, -0.2) is 15.0 Å². The SMILES string of the molecule is CC1C=C(C2C=NC=NC2C)CC(c2cncnc2)C1. The summed E-state index contributed by atoms with van der Waals surface area (Å²) < 4.78 is 0. The zero-order valence-electron chi connectivity index (χ0n) is 12.0. The van der Waals surface area contributed by atoms with Crippen molar-refractivity contribution in [1.82, 2.24) is 9.97 Å². The van der Waals surface area contributed by atoms with E-state index in [1.54, 1.807) is 12.7 Å². The van der Waals surface area contributed by atoms with E-state index in [1.807, 2.05) is 18.6 Å². The van der Waals surface area contributed by atoms with Crippen LogP contribution in [-0.4, -0.2) is 28.6 Å². The molecule has 104 valence electrons. The summed E-state index contributed by atoms with van der Waals surface area (Å²) >= 11 is 0. The van der Waals surface area contributed by atoms with Gasteiger partial charge in [0.2, 0.25) is 0 Å². The van der Waals surface area contributed by atoms with Gasteiger partial charge in [-0.2, -0.15) is 0 Å². The molecule has 0 amide bonds. The second-order valence-corrected chi connectivity index (χ2v) is 5.86. The third-order valence-corrected chi connectivity index (χ3v) is 4.25. The normalized spacial score (nSPS) is 33.0. The fraction of sp³-hybridized carbons (Fsp3) is 0.500. The minimum absolute atomic E-state index is 0.289. The van der Waals surface area contributed by atoms with Crippen LogP contribution < -0.4 is 0 Å². The van der Waals surface area contributed by atoms with Crippen LogP contribution in [0.25, 0.3) is 0 Å². The van der Waals surface area contributed by atoms with E-state index in [4.69, 9.17) is 0 Å². The van der Waals surface area contributed by atoms with E-state index < -0.39 is 0 Å². The van der Waals surface area contributed by atoms with Gasteiger partial charge in [0, 0.05) is 24.5 Å². The molecule has 0 fully saturated rings. The highest BCUT2D eigenvalue weighted by molar-refractivity contribution is 5.79. The van der Waals surface area contributed by atoms with Crippen molar-refractivity contribution in [2.45, 2.75) is 38.6 Å². The summed E-state index contributed by atoms with van der Waals surface area (Å²) in [6.45, 7) is 4.44. The Morgan fingerprint density at radius 3 is 2.70 bits per heavy atom. The number of rotatable bonds is 2. The lowest BCUT2D eigenvalue weighted by atomic mass is 9.75. The fourth-order valence-corrected chi connectivity index (χ4v) is 3.24. The topological polar surface area (TPSA) is 50.5 Å². The molecule has 0 radical (unpaired) electrons. The summed E-state index contributed by atoms with van der Waals surface area (Å²) in [5.74, 6) is 1.43. The van der Waals surface area contributed by atoms with E-state index in [0.717, 1.165) is 6.42 Å².